The number of carbonyl (C=O) groups excluding carboxylic acids is 2. The number of benzene rings is 2. The van der Waals surface area contributed by atoms with Crippen LogP contribution in [-0.2, 0) is 11.8 Å². The van der Waals surface area contributed by atoms with Gasteiger partial charge in [-0.3, -0.25) is 14.6 Å². The largest absolute Gasteiger partial charge is 0.325 e. The predicted molar refractivity (Wildman–Crippen MR) is 114 cm³/mol. The maximum atomic E-state index is 12.6. The Morgan fingerprint density at radius 2 is 1.87 bits per heavy atom. The molecule has 2 aromatic heterocycles. The van der Waals surface area contributed by atoms with Gasteiger partial charge in [0.2, 0.25) is 11.1 Å². The molecule has 2 amide bonds. The number of nitrogens with one attached hydrogen (secondary N) is 2. The summed E-state index contributed by atoms with van der Waals surface area (Å²) < 4.78 is 1.50. The molecule has 0 aliphatic carbocycles. The fourth-order valence-corrected chi connectivity index (χ4v) is 3.43. The normalized spacial score (nSPS) is 10.7. The number of hydrogen-bond acceptors (Lipinski definition) is 7. The molecule has 0 radical (unpaired) electrons. The molecule has 0 fully saturated rings. The molecule has 2 aromatic carbocycles. The Kier molecular flexibility index (Phi) is 5.66. The smallest absolute Gasteiger partial charge is 0.255 e. The summed E-state index contributed by atoms with van der Waals surface area (Å²) in [5.74, 6) is -0.260. The van der Waals surface area contributed by atoms with Crippen molar-refractivity contribution in [3.63, 3.8) is 0 Å². The zero-order valence-corrected chi connectivity index (χ0v) is 16.8. The van der Waals surface area contributed by atoms with Crippen LogP contribution in [0.3, 0.4) is 0 Å². The summed E-state index contributed by atoms with van der Waals surface area (Å²) in [7, 11) is 1.71. The van der Waals surface area contributed by atoms with Crippen LogP contribution in [0.5, 0.6) is 0 Å². The van der Waals surface area contributed by atoms with Crippen molar-refractivity contribution in [3.05, 3.63) is 66.4 Å². The molecule has 4 aromatic rings. The molecular weight excluding hydrogens is 402 g/mol. The van der Waals surface area contributed by atoms with Gasteiger partial charge in [0.1, 0.15) is 0 Å². The Balaban J connectivity index is 1.37. The summed E-state index contributed by atoms with van der Waals surface area (Å²) in [6.45, 7) is 0. The number of anilines is 2. The Bertz CT molecular complexity index is 1200. The first-order chi connectivity index (χ1) is 14.6. The summed E-state index contributed by atoms with van der Waals surface area (Å²) in [6.07, 6.45) is 1.71. The third-order valence-corrected chi connectivity index (χ3v) is 5.25. The molecule has 0 atom stereocenters. The van der Waals surface area contributed by atoms with E-state index in [1.54, 1.807) is 37.5 Å². The van der Waals surface area contributed by atoms with E-state index in [0.717, 1.165) is 10.9 Å². The van der Waals surface area contributed by atoms with Crippen LogP contribution in [0.1, 0.15) is 10.4 Å². The molecule has 150 valence electrons. The van der Waals surface area contributed by atoms with Crippen LogP contribution in [0, 0.1) is 0 Å². The Hall–Kier alpha value is -3.79. The molecule has 0 spiro atoms. The van der Waals surface area contributed by atoms with Gasteiger partial charge in [-0.1, -0.05) is 17.8 Å². The first-order valence-corrected chi connectivity index (χ1v) is 9.99. The number of nitrogens with zero attached hydrogens (tertiary/aromatic N) is 5. The number of amides is 2. The number of thioether (sulfide) groups is 1. The van der Waals surface area contributed by atoms with Gasteiger partial charge in [-0.15, -0.1) is 5.10 Å². The minimum atomic E-state index is -0.241. The van der Waals surface area contributed by atoms with Crippen LogP contribution < -0.4 is 10.6 Å². The SMILES string of the molecule is Cn1nnnc1SCC(=O)Nc1ccc(C(=O)Nc2cccc3ncccc23)cc1. The number of rotatable bonds is 6. The fourth-order valence-electron chi connectivity index (χ4n) is 2.78. The van der Waals surface area contributed by atoms with E-state index in [2.05, 4.69) is 31.1 Å². The van der Waals surface area contributed by atoms with Gasteiger partial charge >= 0.3 is 0 Å². The van der Waals surface area contributed by atoms with Gasteiger partial charge in [0.25, 0.3) is 5.91 Å². The lowest BCUT2D eigenvalue weighted by molar-refractivity contribution is -0.113. The average molecular weight is 419 g/mol. The minimum absolute atomic E-state index is 0.172. The lowest BCUT2D eigenvalue weighted by Crippen LogP contribution is -2.15. The minimum Gasteiger partial charge on any atom is -0.325 e. The third kappa shape index (κ3) is 4.44. The van der Waals surface area contributed by atoms with E-state index < -0.39 is 0 Å². The molecule has 0 saturated heterocycles. The van der Waals surface area contributed by atoms with Crippen molar-refractivity contribution in [1.82, 2.24) is 25.2 Å². The predicted octanol–water partition coefficient (Wildman–Crippen LogP) is 2.74. The highest BCUT2D eigenvalue weighted by Gasteiger charge is 2.11. The monoisotopic (exact) mass is 419 g/mol. The standard InChI is InChI=1S/C20H17N7O2S/c1-27-20(24-25-26-27)30-12-18(28)22-14-9-7-13(8-10-14)19(29)23-17-6-2-5-16-15(17)4-3-11-21-16/h2-11H,12H2,1H3,(H,22,28)(H,23,29). The van der Waals surface area contributed by atoms with E-state index in [4.69, 9.17) is 0 Å². The summed E-state index contributed by atoms with van der Waals surface area (Å²) in [5, 5.41) is 18.2. The highest BCUT2D eigenvalue weighted by molar-refractivity contribution is 7.99. The maximum Gasteiger partial charge on any atom is 0.255 e. The second-order valence-electron chi connectivity index (χ2n) is 6.33. The quantitative estimate of drug-likeness (QED) is 0.462. The van der Waals surface area contributed by atoms with Crippen molar-refractivity contribution in [2.75, 3.05) is 16.4 Å². The van der Waals surface area contributed by atoms with E-state index in [1.165, 1.54) is 16.4 Å². The second-order valence-corrected chi connectivity index (χ2v) is 7.27. The van der Waals surface area contributed by atoms with Gasteiger partial charge in [0, 0.05) is 29.9 Å². The van der Waals surface area contributed by atoms with E-state index in [0.29, 0.717) is 22.1 Å². The van der Waals surface area contributed by atoms with Crippen LogP contribution in [0.2, 0.25) is 0 Å². The van der Waals surface area contributed by atoms with E-state index >= 15 is 0 Å². The number of hydrogen-bond donors (Lipinski definition) is 2. The van der Waals surface area contributed by atoms with Crippen molar-refractivity contribution < 1.29 is 9.59 Å². The number of pyridine rings is 1. The summed E-state index contributed by atoms with van der Waals surface area (Å²) in [6, 6.07) is 16.0. The number of aryl methyl sites for hydroxylation is 1. The Morgan fingerprint density at radius 3 is 2.63 bits per heavy atom. The molecule has 30 heavy (non-hydrogen) atoms. The number of carbonyl (C=O) groups is 2. The van der Waals surface area contributed by atoms with Gasteiger partial charge < -0.3 is 10.6 Å². The highest BCUT2D eigenvalue weighted by atomic mass is 32.2. The van der Waals surface area contributed by atoms with Crippen molar-refractivity contribution in [3.8, 4) is 0 Å². The van der Waals surface area contributed by atoms with Crippen LogP contribution in [0.4, 0.5) is 11.4 Å². The fraction of sp³-hybridized carbons (Fsp3) is 0.100. The van der Waals surface area contributed by atoms with Crippen LogP contribution in [0.25, 0.3) is 10.9 Å². The van der Waals surface area contributed by atoms with Crippen molar-refractivity contribution in [2.24, 2.45) is 7.05 Å². The summed E-state index contributed by atoms with van der Waals surface area (Å²) >= 11 is 1.24. The number of aromatic nitrogens is 5. The summed E-state index contributed by atoms with van der Waals surface area (Å²) in [5.41, 5.74) is 2.58. The molecule has 9 nitrogen and oxygen atoms in total. The van der Waals surface area contributed by atoms with Crippen molar-refractivity contribution >= 4 is 45.9 Å². The first kappa shape index (κ1) is 19.5. The molecule has 4 rings (SSSR count). The average Bonchev–Trinajstić information content (AvgIpc) is 3.18. The molecular formula is C20H17N7O2S. The van der Waals surface area contributed by atoms with Crippen LogP contribution >= 0.6 is 11.8 Å². The van der Waals surface area contributed by atoms with Crippen molar-refractivity contribution in [2.45, 2.75) is 5.16 Å². The molecule has 0 aliphatic rings. The topological polar surface area (TPSA) is 115 Å². The van der Waals surface area contributed by atoms with Gasteiger partial charge in [0.05, 0.1) is 17.0 Å². The zero-order valence-electron chi connectivity index (χ0n) is 15.9. The lowest BCUT2D eigenvalue weighted by Gasteiger charge is -2.09. The van der Waals surface area contributed by atoms with Crippen LogP contribution in [-0.4, -0.2) is 42.8 Å². The van der Waals surface area contributed by atoms with Crippen molar-refractivity contribution in [1.29, 1.82) is 0 Å². The lowest BCUT2D eigenvalue weighted by atomic mass is 10.1. The second kappa shape index (κ2) is 8.70. The highest BCUT2D eigenvalue weighted by Crippen LogP contribution is 2.22. The van der Waals surface area contributed by atoms with Gasteiger partial charge in [-0.2, -0.15) is 0 Å². The van der Waals surface area contributed by atoms with E-state index in [-0.39, 0.29) is 17.6 Å². The first-order valence-electron chi connectivity index (χ1n) is 9.00. The molecule has 0 unspecified atom stereocenters. The Labute approximate surface area is 175 Å². The molecule has 2 heterocycles. The number of tetrazole rings is 1. The third-order valence-electron chi connectivity index (χ3n) is 4.24. The Morgan fingerprint density at radius 1 is 1.03 bits per heavy atom. The maximum absolute atomic E-state index is 12.6. The molecule has 2 N–H and O–H groups in total. The van der Waals surface area contributed by atoms with Gasteiger partial charge in [0.15, 0.2) is 0 Å². The molecule has 0 saturated carbocycles. The van der Waals surface area contributed by atoms with Gasteiger partial charge in [-0.05, 0) is 59.0 Å². The zero-order chi connectivity index (χ0) is 20.9. The van der Waals surface area contributed by atoms with Gasteiger partial charge in [-0.25, -0.2) is 4.68 Å². The van der Waals surface area contributed by atoms with Crippen LogP contribution in [0.15, 0.2) is 66.0 Å². The molecule has 10 heteroatoms. The number of fused-ring (bicyclic) bond motifs is 1. The van der Waals surface area contributed by atoms with E-state index in [9.17, 15) is 9.59 Å². The summed E-state index contributed by atoms with van der Waals surface area (Å²) in [4.78, 5) is 29.0. The molecule has 0 bridgehead atoms. The molecule has 0 aliphatic heterocycles. The van der Waals surface area contributed by atoms with E-state index in [1.807, 2.05) is 30.3 Å².